The van der Waals surface area contributed by atoms with E-state index in [9.17, 15) is 20.4 Å². The minimum absolute atomic E-state index is 0.991. The maximum Gasteiger partial charge on any atom is 0.189 e. The van der Waals surface area contributed by atoms with Crippen LogP contribution < -0.4 is 0 Å². The van der Waals surface area contributed by atoms with Gasteiger partial charge in [-0.3, -0.25) is 0 Å². The van der Waals surface area contributed by atoms with E-state index in [1.165, 1.54) is 27.9 Å². The van der Waals surface area contributed by atoms with Gasteiger partial charge in [-0.05, 0) is 20.8 Å². The van der Waals surface area contributed by atoms with Crippen molar-refractivity contribution in [2.45, 2.75) is 56.6 Å². The third kappa shape index (κ3) is 1.85. The van der Waals surface area contributed by atoms with Gasteiger partial charge in [0, 0.05) is 7.11 Å². The summed E-state index contributed by atoms with van der Waals surface area (Å²) >= 11 is 0. The first-order valence-electron chi connectivity index (χ1n) is 5.15. The van der Waals surface area contributed by atoms with Crippen molar-refractivity contribution in [3.63, 3.8) is 0 Å². The fourth-order valence-corrected chi connectivity index (χ4v) is 1.87. The lowest BCUT2D eigenvalue weighted by atomic mass is 9.75. The number of aliphatic hydroxyl groups excluding tert-OH is 2. The average molecular weight is 236 g/mol. The zero-order chi connectivity index (χ0) is 12.7. The van der Waals surface area contributed by atoms with Crippen LogP contribution in [0.1, 0.15) is 20.8 Å². The lowest BCUT2D eigenvalue weighted by molar-refractivity contribution is -0.365. The van der Waals surface area contributed by atoms with Crippen LogP contribution in [-0.4, -0.2) is 63.3 Å². The van der Waals surface area contributed by atoms with Gasteiger partial charge >= 0.3 is 0 Å². The van der Waals surface area contributed by atoms with E-state index < -0.39 is 35.8 Å². The quantitative estimate of drug-likeness (QED) is 0.471. The van der Waals surface area contributed by atoms with Crippen molar-refractivity contribution >= 4 is 0 Å². The summed E-state index contributed by atoms with van der Waals surface area (Å²) in [6, 6.07) is 0. The second-order valence-electron chi connectivity index (χ2n) is 4.65. The Balaban J connectivity index is 3.06. The molecule has 6 heteroatoms. The SMILES string of the molecule is CO[C@@H]1O[C@H](C(C)O)[C@H](O)[C@](C)(O)[C@@]1(C)O. The van der Waals surface area contributed by atoms with E-state index >= 15 is 0 Å². The molecule has 0 spiro atoms. The third-order valence-electron chi connectivity index (χ3n) is 3.34. The molecule has 4 N–H and O–H groups in total. The largest absolute Gasteiger partial charge is 0.391 e. The van der Waals surface area contributed by atoms with Crippen molar-refractivity contribution in [1.29, 1.82) is 0 Å². The van der Waals surface area contributed by atoms with E-state index in [0.717, 1.165) is 0 Å². The summed E-state index contributed by atoms with van der Waals surface area (Å²) in [6.45, 7) is 4.01. The van der Waals surface area contributed by atoms with Crippen LogP contribution in [0.15, 0.2) is 0 Å². The molecule has 1 rings (SSSR count). The van der Waals surface area contributed by atoms with E-state index in [1.54, 1.807) is 0 Å². The Kier molecular flexibility index (Phi) is 3.64. The van der Waals surface area contributed by atoms with E-state index in [0.29, 0.717) is 0 Å². The lowest BCUT2D eigenvalue weighted by Gasteiger charge is -2.52. The standard InChI is InChI=1S/C10H20O6/c1-5(11)6-7(12)9(2,13)10(3,14)8(15-4)16-6/h5-8,11-14H,1-4H3/t5?,6-,7+,8-,9+,10+/m1/s1. The zero-order valence-electron chi connectivity index (χ0n) is 9.91. The first kappa shape index (κ1) is 13.8. The van der Waals surface area contributed by atoms with Gasteiger partial charge < -0.3 is 29.9 Å². The Bertz CT molecular complexity index is 250. The van der Waals surface area contributed by atoms with E-state index in [4.69, 9.17) is 9.47 Å². The number of methoxy groups -OCH3 is 1. The molecule has 96 valence electrons. The molecule has 0 bridgehead atoms. The molecule has 1 fully saturated rings. The molecule has 0 amide bonds. The Morgan fingerprint density at radius 1 is 1.25 bits per heavy atom. The summed E-state index contributed by atoms with van der Waals surface area (Å²) in [6.07, 6.45) is -4.53. The lowest BCUT2D eigenvalue weighted by Crippen LogP contribution is -2.73. The highest BCUT2D eigenvalue weighted by molar-refractivity contribution is 5.07. The van der Waals surface area contributed by atoms with Gasteiger partial charge in [-0.15, -0.1) is 0 Å². The maximum absolute atomic E-state index is 10.1. The predicted octanol–water partition coefficient (Wildman–Crippen LogP) is -1.40. The number of rotatable bonds is 2. The van der Waals surface area contributed by atoms with Crippen LogP contribution in [0, 0.1) is 0 Å². The van der Waals surface area contributed by atoms with E-state index in [1.807, 2.05) is 0 Å². The molecule has 0 saturated carbocycles. The smallest absolute Gasteiger partial charge is 0.189 e. The number of aliphatic hydroxyl groups is 4. The monoisotopic (exact) mass is 236 g/mol. The maximum atomic E-state index is 10.1. The molecule has 0 radical (unpaired) electrons. The van der Waals surface area contributed by atoms with E-state index in [-0.39, 0.29) is 0 Å². The first-order chi connectivity index (χ1) is 7.16. The second kappa shape index (κ2) is 4.21. The number of hydrogen-bond acceptors (Lipinski definition) is 6. The van der Waals surface area contributed by atoms with Crippen LogP contribution in [-0.2, 0) is 9.47 Å². The Morgan fingerprint density at radius 3 is 2.12 bits per heavy atom. The first-order valence-corrected chi connectivity index (χ1v) is 5.15. The molecule has 1 unspecified atom stereocenters. The Labute approximate surface area is 94.4 Å². The molecule has 6 nitrogen and oxygen atoms in total. The predicted molar refractivity (Wildman–Crippen MR) is 54.6 cm³/mol. The van der Waals surface area contributed by atoms with Crippen molar-refractivity contribution in [1.82, 2.24) is 0 Å². The molecular formula is C10H20O6. The molecule has 0 aromatic rings. The van der Waals surface area contributed by atoms with E-state index in [2.05, 4.69) is 0 Å². The molecule has 1 aliphatic rings. The average Bonchev–Trinajstić information content (AvgIpc) is 2.15. The molecule has 1 aliphatic heterocycles. The van der Waals surface area contributed by atoms with Crippen LogP contribution in [0.25, 0.3) is 0 Å². The molecule has 1 saturated heterocycles. The van der Waals surface area contributed by atoms with Gasteiger partial charge in [0.1, 0.15) is 23.4 Å². The highest BCUT2D eigenvalue weighted by atomic mass is 16.7. The molecule has 1 heterocycles. The normalized spacial score (nSPS) is 51.4. The minimum Gasteiger partial charge on any atom is -0.391 e. The fourth-order valence-electron chi connectivity index (χ4n) is 1.87. The third-order valence-corrected chi connectivity index (χ3v) is 3.34. The van der Waals surface area contributed by atoms with Gasteiger partial charge in [-0.1, -0.05) is 0 Å². The summed E-state index contributed by atoms with van der Waals surface area (Å²) in [4.78, 5) is 0. The molecule has 16 heavy (non-hydrogen) atoms. The van der Waals surface area contributed by atoms with Crippen LogP contribution in [0.2, 0.25) is 0 Å². The van der Waals surface area contributed by atoms with Gasteiger partial charge in [-0.2, -0.15) is 0 Å². The van der Waals surface area contributed by atoms with Crippen LogP contribution in [0.5, 0.6) is 0 Å². The van der Waals surface area contributed by atoms with Crippen LogP contribution in [0.4, 0.5) is 0 Å². The van der Waals surface area contributed by atoms with Gasteiger partial charge in [0.25, 0.3) is 0 Å². The second-order valence-corrected chi connectivity index (χ2v) is 4.65. The minimum atomic E-state index is -1.84. The molecular weight excluding hydrogens is 216 g/mol. The van der Waals surface area contributed by atoms with Crippen LogP contribution >= 0.6 is 0 Å². The fraction of sp³-hybridized carbons (Fsp3) is 1.00. The van der Waals surface area contributed by atoms with Gasteiger partial charge in [0.05, 0.1) is 6.10 Å². The Hall–Kier alpha value is -0.240. The van der Waals surface area contributed by atoms with Gasteiger partial charge in [-0.25, -0.2) is 0 Å². The number of hydrogen-bond donors (Lipinski definition) is 4. The molecule has 0 aliphatic carbocycles. The molecule has 0 aromatic carbocycles. The van der Waals surface area contributed by atoms with Crippen molar-refractivity contribution in [2.75, 3.05) is 7.11 Å². The summed E-state index contributed by atoms with van der Waals surface area (Å²) in [5.41, 5.74) is -3.61. The summed E-state index contributed by atoms with van der Waals surface area (Å²) < 4.78 is 10.1. The van der Waals surface area contributed by atoms with Crippen molar-refractivity contribution in [3.05, 3.63) is 0 Å². The highest BCUT2D eigenvalue weighted by Crippen LogP contribution is 2.38. The highest BCUT2D eigenvalue weighted by Gasteiger charge is 2.60. The Morgan fingerprint density at radius 2 is 1.75 bits per heavy atom. The molecule has 6 atom stereocenters. The zero-order valence-corrected chi connectivity index (χ0v) is 9.91. The topological polar surface area (TPSA) is 99.4 Å². The van der Waals surface area contributed by atoms with Crippen molar-refractivity contribution in [2.24, 2.45) is 0 Å². The van der Waals surface area contributed by atoms with Crippen molar-refractivity contribution in [3.8, 4) is 0 Å². The van der Waals surface area contributed by atoms with Gasteiger partial charge in [0.15, 0.2) is 6.29 Å². The van der Waals surface area contributed by atoms with Gasteiger partial charge in [0.2, 0.25) is 0 Å². The van der Waals surface area contributed by atoms with Crippen LogP contribution in [0.3, 0.4) is 0 Å². The summed E-state index contributed by atoms with van der Waals surface area (Å²) in [5, 5.41) is 39.5. The summed E-state index contributed by atoms with van der Waals surface area (Å²) in [5.74, 6) is 0. The summed E-state index contributed by atoms with van der Waals surface area (Å²) in [7, 11) is 1.31. The number of ether oxygens (including phenoxy) is 2. The van der Waals surface area contributed by atoms with Crippen molar-refractivity contribution < 1.29 is 29.9 Å². The molecule has 0 aromatic heterocycles.